The number of nitriles is 1. The molecule has 1 aliphatic rings. The minimum Gasteiger partial charge on any atom is -0.333 e. The summed E-state index contributed by atoms with van der Waals surface area (Å²) in [6, 6.07) is 12.3. The minimum atomic E-state index is -0.611. The van der Waals surface area contributed by atoms with E-state index in [0.717, 1.165) is 16.6 Å². The van der Waals surface area contributed by atoms with Crippen LogP contribution in [0, 0.1) is 23.1 Å². The average Bonchev–Trinajstić information content (AvgIpc) is 3.20. The molecule has 0 atom stereocenters. The van der Waals surface area contributed by atoms with Crippen LogP contribution < -0.4 is 5.32 Å². The number of amides is 1. The lowest BCUT2D eigenvalue weighted by atomic mass is 10.0. The molecule has 0 radical (unpaired) electrons. The van der Waals surface area contributed by atoms with E-state index >= 15 is 0 Å². The molecular formula is C28H22Cl3F2N5O. The van der Waals surface area contributed by atoms with Crippen LogP contribution in [0.15, 0.2) is 54.7 Å². The first kappa shape index (κ1) is 28.5. The fraction of sp³-hybridized carbons (Fsp3) is 0.179. The maximum Gasteiger partial charge on any atom is 0.326 e. The third kappa shape index (κ3) is 6.07. The summed E-state index contributed by atoms with van der Waals surface area (Å²) in [5.74, 6) is -1.16. The zero-order chi connectivity index (χ0) is 26.8. The number of pyridine rings is 1. The van der Waals surface area contributed by atoms with E-state index in [1.807, 2.05) is 18.2 Å². The van der Waals surface area contributed by atoms with Crippen molar-refractivity contribution in [3.63, 3.8) is 0 Å². The molecule has 0 saturated carbocycles. The monoisotopic (exact) mass is 587 g/mol. The topological polar surface area (TPSA) is 74.0 Å². The van der Waals surface area contributed by atoms with Gasteiger partial charge in [-0.3, -0.25) is 9.47 Å². The van der Waals surface area contributed by atoms with Gasteiger partial charge in [-0.15, -0.1) is 12.4 Å². The SMILES string of the molecule is Cl.N#Cc1ccc(/C=C/CN2CCc3c(c4cc(Cl)c(Cl)cc4n3C(=O)NCc3ccnc(F)c3)C2)cc1F. The van der Waals surface area contributed by atoms with Crippen LogP contribution in [0.5, 0.6) is 0 Å². The van der Waals surface area contributed by atoms with E-state index in [2.05, 4.69) is 15.2 Å². The number of carbonyl (C=O) groups excluding carboxylic acids is 1. The van der Waals surface area contributed by atoms with Crippen LogP contribution in [0.2, 0.25) is 10.0 Å². The van der Waals surface area contributed by atoms with Crippen molar-refractivity contribution in [2.24, 2.45) is 0 Å². The number of rotatable bonds is 5. The molecule has 0 spiro atoms. The van der Waals surface area contributed by atoms with Gasteiger partial charge in [-0.25, -0.2) is 14.2 Å². The molecule has 1 aliphatic heterocycles. The number of hydrogen-bond donors (Lipinski definition) is 1. The standard InChI is InChI=1S/C28H21Cl2F2N5O.ClH/c29-22-12-20-21-16-36(8-1-2-17-3-4-19(14-33)24(31)10-17)9-6-25(21)37(26(20)13-23(22)30)28(38)35-15-18-5-7-34-27(32)11-18;/h1-5,7,10-13H,6,8-9,15-16H2,(H,35,38);1H/b2-1+;. The quantitative estimate of drug-likeness (QED) is 0.262. The minimum absolute atomic E-state index is 0. The van der Waals surface area contributed by atoms with Crippen LogP contribution in [-0.2, 0) is 19.5 Å². The van der Waals surface area contributed by atoms with Crippen molar-refractivity contribution in [1.29, 1.82) is 5.26 Å². The maximum absolute atomic E-state index is 13.9. The van der Waals surface area contributed by atoms with Gasteiger partial charge >= 0.3 is 6.03 Å². The number of hydrogen-bond acceptors (Lipinski definition) is 4. The lowest BCUT2D eigenvalue weighted by molar-refractivity contribution is 0.240. The summed E-state index contributed by atoms with van der Waals surface area (Å²) in [5.41, 5.74) is 3.77. The Hall–Kier alpha value is -3.48. The molecule has 0 fully saturated rings. The fourth-order valence-electron chi connectivity index (χ4n) is 4.67. The van der Waals surface area contributed by atoms with E-state index in [4.69, 9.17) is 28.5 Å². The highest BCUT2D eigenvalue weighted by Gasteiger charge is 2.27. The van der Waals surface area contributed by atoms with Gasteiger partial charge in [-0.2, -0.15) is 9.65 Å². The van der Waals surface area contributed by atoms with Gasteiger partial charge in [0.2, 0.25) is 5.95 Å². The smallest absolute Gasteiger partial charge is 0.326 e. The van der Waals surface area contributed by atoms with Crippen molar-refractivity contribution in [3.8, 4) is 6.07 Å². The van der Waals surface area contributed by atoms with Crippen molar-refractivity contribution in [2.75, 3.05) is 13.1 Å². The van der Waals surface area contributed by atoms with Gasteiger partial charge in [0.25, 0.3) is 0 Å². The maximum atomic E-state index is 13.9. The van der Waals surface area contributed by atoms with Gasteiger partial charge in [0.05, 0.1) is 21.1 Å². The zero-order valence-electron chi connectivity index (χ0n) is 20.4. The number of aromatic nitrogens is 2. The lowest BCUT2D eigenvalue weighted by Crippen LogP contribution is -2.34. The Labute approximate surface area is 239 Å². The summed E-state index contributed by atoms with van der Waals surface area (Å²) in [6.07, 6.45) is 5.72. The Kier molecular flexibility index (Phi) is 8.88. The normalized spacial score (nSPS) is 13.2. The molecule has 0 unspecified atom stereocenters. The molecule has 2 aromatic carbocycles. The van der Waals surface area contributed by atoms with Crippen molar-refractivity contribution in [2.45, 2.75) is 19.5 Å². The first-order valence-corrected chi connectivity index (χ1v) is 12.6. The summed E-state index contributed by atoms with van der Waals surface area (Å²) in [5, 5.41) is 13.3. The number of carbonyl (C=O) groups is 1. The summed E-state index contributed by atoms with van der Waals surface area (Å²) in [7, 11) is 0. The van der Waals surface area contributed by atoms with Gasteiger partial charge in [0, 0.05) is 49.9 Å². The van der Waals surface area contributed by atoms with Crippen molar-refractivity contribution in [3.05, 3.63) is 104 Å². The number of benzene rings is 2. The van der Waals surface area contributed by atoms with Crippen LogP contribution >= 0.6 is 35.6 Å². The number of nitrogens with zero attached hydrogens (tertiary/aromatic N) is 4. The van der Waals surface area contributed by atoms with Gasteiger partial charge in [-0.05, 0) is 53.1 Å². The average molecular weight is 589 g/mol. The summed E-state index contributed by atoms with van der Waals surface area (Å²) in [6.45, 7) is 2.02. The van der Waals surface area contributed by atoms with Crippen molar-refractivity contribution >= 4 is 58.6 Å². The molecule has 200 valence electrons. The van der Waals surface area contributed by atoms with Crippen LogP contribution in [0.4, 0.5) is 13.6 Å². The summed E-state index contributed by atoms with van der Waals surface area (Å²) in [4.78, 5) is 19.1. The molecule has 0 bridgehead atoms. The van der Waals surface area contributed by atoms with E-state index in [0.29, 0.717) is 52.7 Å². The Morgan fingerprint density at radius 1 is 1.15 bits per heavy atom. The van der Waals surface area contributed by atoms with Crippen LogP contribution in [-0.4, -0.2) is 33.6 Å². The van der Waals surface area contributed by atoms with Crippen LogP contribution in [0.3, 0.4) is 0 Å². The van der Waals surface area contributed by atoms with E-state index in [1.54, 1.807) is 28.8 Å². The van der Waals surface area contributed by atoms with Gasteiger partial charge in [0.15, 0.2) is 0 Å². The summed E-state index contributed by atoms with van der Waals surface area (Å²) < 4.78 is 29.0. The van der Waals surface area contributed by atoms with E-state index in [1.165, 1.54) is 24.4 Å². The second-order valence-electron chi connectivity index (χ2n) is 8.93. The van der Waals surface area contributed by atoms with Gasteiger partial charge < -0.3 is 5.32 Å². The van der Waals surface area contributed by atoms with Crippen molar-refractivity contribution in [1.82, 2.24) is 19.8 Å². The second-order valence-corrected chi connectivity index (χ2v) is 9.74. The highest BCUT2D eigenvalue weighted by atomic mass is 35.5. The molecule has 2 aromatic heterocycles. The van der Waals surface area contributed by atoms with Crippen LogP contribution in [0.1, 0.15) is 27.9 Å². The fourth-order valence-corrected chi connectivity index (χ4v) is 4.99. The molecule has 39 heavy (non-hydrogen) atoms. The van der Waals surface area contributed by atoms with Gasteiger partial charge in [0.1, 0.15) is 11.9 Å². The molecule has 0 saturated heterocycles. The molecule has 1 N–H and O–H groups in total. The number of nitrogens with one attached hydrogen (secondary N) is 1. The number of halogens is 5. The molecule has 1 amide bonds. The first-order chi connectivity index (χ1) is 18.3. The third-order valence-electron chi connectivity index (χ3n) is 6.49. The van der Waals surface area contributed by atoms with Gasteiger partial charge in [-0.1, -0.05) is 41.4 Å². The predicted molar refractivity (Wildman–Crippen MR) is 150 cm³/mol. The molecule has 0 aliphatic carbocycles. The Morgan fingerprint density at radius 3 is 2.69 bits per heavy atom. The third-order valence-corrected chi connectivity index (χ3v) is 7.22. The predicted octanol–water partition coefficient (Wildman–Crippen LogP) is 6.74. The number of fused-ring (bicyclic) bond motifs is 3. The van der Waals surface area contributed by atoms with E-state index in [-0.39, 0.29) is 30.5 Å². The highest BCUT2D eigenvalue weighted by Crippen LogP contribution is 2.36. The molecule has 11 heteroatoms. The first-order valence-electron chi connectivity index (χ1n) is 11.8. The van der Waals surface area contributed by atoms with Crippen LogP contribution in [0.25, 0.3) is 17.0 Å². The van der Waals surface area contributed by atoms with E-state index in [9.17, 15) is 13.6 Å². The lowest BCUT2D eigenvalue weighted by Gasteiger charge is -2.27. The highest BCUT2D eigenvalue weighted by molar-refractivity contribution is 6.42. The molecule has 3 heterocycles. The molecule has 6 nitrogen and oxygen atoms in total. The Bertz CT molecular complexity index is 1630. The summed E-state index contributed by atoms with van der Waals surface area (Å²) >= 11 is 12.7. The van der Waals surface area contributed by atoms with Crippen molar-refractivity contribution < 1.29 is 13.6 Å². The Balaban J connectivity index is 0.00000353. The molecular weight excluding hydrogens is 567 g/mol. The zero-order valence-corrected chi connectivity index (χ0v) is 22.8. The largest absolute Gasteiger partial charge is 0.333 e. The van der Waals surface area contributed by atoms with E-state index < -0.39 is 11.8 Å². The Morgan fingerprint density at radius 2 is 1.95 bits per heavy atom. The molecule has 4 aromatic rings. The second kappa shape index (κ2) is 12.1. The molecule has 5 rings (SSSR count).